The van der Waals surface area contributed by atoms with Gasteiger partial charge in [-0.25, -0.2) is 4.68 Å². The quantitative estimate of drug-likeness (QED) is 0.632. The number of carbonyl (C=O) groups excluding carboxylic acids is 1. The molecule has 2 aromatic carbocycles. The van der Waals surface area contributed by atoms with Crippen LogP contribution in [0.5, 0.6) is 11.5 Å². The van der Waals surface area contributed by atoms with Gasteiger partial charge in [0.2, 0.25) is 0 Å². The van der Waals surface area contributed by atoms with Crippen LogP contribution < -0.4 is 14.8 Å². The molecule has 0 saturated heterocycles. The molecule has 0 spiro atoms. The third-order valence-electron chi connectivity index (χ3n) is 5.05. The van der Waals surface area contributed by atoms with Crippen LogP contribution in [0.3, 0.4) is 0 Å². The number of hydrogen-bond donors (Lipinski definition) is 1. The Morgan fingerprint density at radius 3 is 2.83 bits per heavy atom. The highest BCUT2D eigenvalue weighted by molar-refractivity contribution is 6.33. The predicted octanol–water partition coefficient (Wildman–Crippen LogP) is 4.49. The normalized spacial score (nSPS) is 14.9. The monoisotopic (exact) mass is 425 g/mol. The van der Waals surface area contributed by atoms with Gasteiger partial charge in [0.05, 0.1) is 23.6 Å². The van der Waals surface area contributed by atoms with Crippen LogP contribution in [-0.2, 0) is 13.0 Å². The first-order chi connectivity index (χ1) is 14.5. The average molecular weight is 426 g/mol. The summed E-state index contributed by atoms with van der Waals surface area (Å²) >= 11 is 6.51. The Bertz CT molecular complexity index is 1080. The predicted molar refractivity (Wildman–Crippen MR) is 116 cm³/mol. The molecule has 0 bridgehead atoms. The lowest BCUT2D eigenvalue weighted by Crippen LogP contribution is -2.24. The maximum absolute atomic E-state index is 12.9. The van der Waals surface area contributed by atoms with E-state index >= 15 is 0 Å². The highest BCUT2D eigenvalue weighted by Crippen LogP contribution is 2.35. The average Bonchev–Trinajstić information content (AvgIpc) is 3.24. The van der Waals surface area contributed by atoms with Crippen LogP contribution in [-0.4, -0.2) is 28.4 Å². The van der Waals surface area contributed by atoms with Gasteiger partial charge in [-0.15, -0.1) is 0 Å². The number of aromatic nitrogens is 2. The molecule has 0 radical (unpaired) electrons. The molecule has 0 fully saturated rings. The highest BCUT2D eigenvalue weighted by Gasteiger charge is 2.24. The van der Waals surface area contributed by atoms with Crippen molar-refractivity contribution in [3.8, 4) is 17.2 Å². The number of carbonyl (C=O) groups is 1. The molecule has 0 aliphatic carbocycles. The number of nitrogens with one attached hydrogen (secondary N) is 1. The van der Waals surface area contributed by atoms with Gasteiger partial charge in [0, 0.05) is 24.1 Å². The van der Waals surface area contributed by atoms with Crippen LogP contribution in [0.15, 0.2) is 42.5 Å². The number of rotatable bonds is 6. The molecule has 1 amide bonds. The Morgan fingerprint density at radius 2 is 2.10 bits per heavy atom. The summed E-state index contributed by atoms with van der Waals surface area (Å²) in [5.41, 5.74) is 3.72. The first-order valence-corrected chi connectivity index (χ1v) is 10.4. The Balaban J connectivity index is 1.56. The van der Waals surface area contributed by atoms with Crippen molar-refractivity contribution in [3.05, 3.63) is 70.0 Å². The maximum atomic E-state index is 12.9. The second-order valence-electron chi connectivity index (χ2n) is 7.31. The Hall–Kier alpha value is -2.99. The van der Waals surface area contributed by atoms with Crippen molar-refractivity contribution in [2.45, 2.75) is 39.8 Å². The third-order valence-corrected chi connectivity index (χ3v) is 5.40. The number of amides is 1. The standard InChI is InChI=1S/C23H24ClN3O3/c1-4-29-19-11-16-10-14(2)30-20(16)12-17(19)13-25-23(28)21-15(3)26-27(22(21)24)18-8-6-5-7-9-18/h5-9,11-12,14H,4,10,13H2,1-3H3,(H,25,28). The van der Waals surface area contributed by atoms with Gasteiger partial charge in [-0.05, 0) is 45.0 Å². The molecular formula is C23H24ClN3O3. The van der Waals surface area contributed by atoms with Crippen LogP contribution in [0.4, 0.5) is 0 Å². The van der Waals surface area contributed by atoms with E-state index in [0.29, 0.717) is 24.4 Å². The fourth-order valence-electron chi connectivity index (χ4n) is 3.67. The number of halogens is 1. The van der Waals surface area contributed by atoms with Gasteiger partial charge >= 0.3 is 0 Å². The Labute approximate surface area is 180 Å². The van der Waals surface area contributed by atoms with Crippen molar-refractivity contribution >= 4 is 17.5 Å². The molecule has 1 aromatic heterocycles. The molecule has 6 nitrogen and oxygen atoms in total. The van der Waals surface area contributed by atoms with E-state index < -0.39 is 0 Å². The molecule has 1 unspecified atom stereocenters. The first-order valence-electron chi connectivity index (χ1n) is 10.0. The minimum Gasteiger partial charge on any atom is -0.494 e. The summed E-state index contributed by atoms with van der Waals surface area (Å²) in [6.45, 7) is 6.60. The van der Waals surface area contributed by atoms with E-state index in [1.165, 1.54) is 0 Å². The second-order valence-corrected chi connectivity index (χ2v) is 7.67. The van der Waals surface area contributed by atoms with E-state index in [4.69, 9.17) is 21.1 Å². The fraction of sp³-hybridized carbons (Fsp3) is 0.304. The first kappa shape index (κ1) is 20.3. The Morgan fingerprint density at radius 1 is 1.33 bits per heavy atom. The van der Waals surface area contributed by atoms with Crippen LogP contribution in [0.2, 0.25) is 5.15 Å². The van der Waals surface area contributed by atoms with Gasteiger partial charge in [-0.1, -0.05) is 29.8 Å². The summed E-state index contributed by atoms with van der Waals surface area (Å²) < 4.78 is 13.2. The molecule has 0 saturated carbocycles. The number of hydrogen-bond acceptors (Lipinski definition) is 4. The number of benzene rings is 2. The number of para-hydroxylation sites is 1. The number of nitrogens with zero attached hydrogens (tertiary/aromatic N) is 2. The highest BCUT2D eigenvalue weighted by atomic mass is 35.5. The zero-order valence-corrected chi connectivity index (χ0v) is 18.0. The van der Waals surface area contributed by atoms with Crippen LogP contribution in [0.25, 0.3) is 5.69 Å². The van der Waals surface area contributed by atoms with Gasteiger partial charge in [0.15, 0.2) is 0 Å². The van der Waals surface area contributed by atoms with Gasteiger partial charge < -0.3 is 14.8 Å². The Kier molecular flexibility index (Phi) is 5.68. The van der Waals surface area contributed by atoms with Gasteiger partial charge in [-0.3, -0.25) is 4.79 Å². The summed E-state index contributed by atoms with van der Waals surface area (Å²) in [4.78, 5) is 12.9. The summed E-state index contributed by atoms with van der Waals surface area (Å²) in [7, 11) is 0. The fourth-order valence-corrected chi connectivity index (χ4v) is 4.03. The number of ether oxygens (including phenoxy) is 2. The molecule has 3 aromatic rings. The molecule has 156 valence electrons. The molecule has 30 heavy (non-hydrogen) atoms. The smallest absolute Gasteiger partial charge is 0.256 e. The van der Waals surface area contributed by atoms with Crippen molar-refractivity contribution in [1.29, 1.82) is 0 Å². The lowest BCUT2D eigenvalue weighted by molar-refractivity contribution is 0.0950. The van der Waals surface area contributed by atoms with Crippen LogP contribution in [0.1, 0.15) is 41.0 Å². The van der Waals surface area contributed by atoms with E-state index in [9.17, 15) is 4.79 Å². The summed E-state index contributed by atoms with van der Waals surface area (Å²) in [6, 6.07) is 13.4. The minimum atomic E-state index is -0.281. The van der Waals surface area contributed by atoms with Crippen LogP contribution in [0, 0.1) is 6.92 Å². The molecule has 1 aliphatic heterocycles. The molecule has 1 N–H and O–H groups in total. The molecule has 7 heteroatoms. The lowest BCUT2D eigenvalue weighted by Gasteiger charge is -2.13. The van der Waals surface area contributed by atoms with E-state index in [1.54, 1.807) is 11.6 Å². The largest absolute Gasteiger partial charge is 0.494 e. The summed E-state index contributed by atoms with van der Waals surface area (Å²) in [5.74, 6) is 1.33. The van der Waals surface area contributed by atoms with Crippen LogP contribution >= 0.6 is 11.6 Å². The topological polar surface area (TPSA) is 65.4 Å². The van der Waals surface area contributed by atoms with Crippen molar-refractivity contribution in [1.82, 2.24) is 15.1 Å². The SMILES string of the molecule is CCOc1cc2c(cc1CNC(=O)c1c(C)nn(-c3ccccc3)c1Cl)OC(C)C2. The van der Waals surface area contributed by atoms with Gasteiger partial charge in [-0.2, -0.15) is 5.10 Å². The molecule has 4 rings (SSSR count). The van der Waals surface area contributed by atoms with Crippen molar-refractivity contribution in [3.63, 3.8) is 0 Å². The van der Waals surface area contributed by atoms with Crippen molar-refractivity contribution < 1.29 is 14.3 Å². The van der Waals surface area contributed by atoms with E-state index in [-0.39, 0.29) is 17.2 Å². The second kappa shape index (κ2) is 8.40. The minimum absolute atomic E-state index is 0.143. The maximum Gasteiger partial charge on any atom is 0.256 e. The van der Waals surface area contributed by atoms with E-state index in [0.717, 1.165) is 34.7 Å². The van der Waals surface area contributed by atoms with E-state index in [2.05, 4.69) is 10.4 Å². The van der Waals surface area contributed by atoms with Gasteiger partial charge in [0.1, 0.15) is 22.8 Å². The summed E-state index contributed by atoms with van der Waals surface area (Å²) in [5, 5.41) is 7.67. The molecule has 2 heterocycles. The van der Waals surface area contributed by atoms with Crippen molar-refractivity contribution in [2.75, 3.05) is 6.61 Å². The number of aryl methyl sites for hydroxylation is 1. The summed E-state index contributed by atoms with van der Waals surface area (Å²) in [6.07, 6.45) is 1.000. The van der Waals surface area contributed by atoms with E-state index in [1.807, 2.05) is 56.3 Å². The lowest BCUT2D eigenvalue weighted by atomic mass is 10.1. The molecule has 1 atom stereocenters. The van der Waals surface area contributed by atoms with Crippen molar-refractivity contribution in [2.24, 2.45) is 0 Å². The number of fused-ring (bicyclic) bond motifs is 1. The molecule has 1 aliphatic rings. The third kappa shape index (κ3) is 3.87. The zero-order chi connectivity index (χ0) is 21.3. The molecular weight excluding hydrogens is 402 g/mol. The van der Waals surface area contributed by atoms with Gasteiger partial charge in [0.25, 0.3) is 5.91 Å². The zero-order valence-electron chi connectivity index (χ0n) is 17.2.